The number of nitrogens with one attached hydrogen (secondary N) is 2. The van der Waals surface area contributed by atoms with Gasteiger partial charge in [-0.05, 0) is 48.9 Å². The first kappa shape index (κ1) is 19.6. The fourth-order valence-electron chi connectivity index (χ4n) is 2.35. The molecule has 0 aliphatic carbocycles. The highest BCUT2D eigenvalue weighted by Gasteiger charge is 2.15. The number of benzene rings is 1. The number of sulfonamides is 1. The molecule has 3 aromatic rings. The fourth-order valence-corrected chi connectivity index (χ4v) is 3.49. The molecule has 2 heterocycles. The first-order valence-corrected chi connectivity index (χ1v) is 10.1. The molecule has 0 fully saturated rings. The monoisotopic (exact) mass is 397 g/mol. The molecular formula is C19H19N5O3S. The lowest BCUT2D eigenvalue weighted by Crippen LogP contribution is -2.24. The first-order chi connectivity index (χ1) is 13.5. The molecule has 3 rings (SSSR count). The number of carbonyl (C=O) groups is 1. The number of pyridine rings is 1. The van der Waals surface area contributed by atoms with Gasteiger partial charge in [0.15, 0.2) is 0 Å². The Morgan fingerprint density at radius 1 is 0.964 bits per heavy atom. The maximum absolute atomic E-state index is 12.4. The second-order valence-corrected chi connectivity index (χ2v) is 7.62. The minimum Gasteiger partial charge on any atom is -0.290 e. The maximum Gasteiger partial charge on any atom is 0.258 e. The third-order valence-electron chi connectivity index (χ3n) is 3.78. The second kappa shape index (κ2) is 8.68. The molecule has 0 aliphatic heterocycles. The van der Waals surface area contributed by atoms with Crippen LogP contribution in [0.25, 0.3) is 11.4 Å². The summed E-state index contributed by atoms with van der Waals surface area (Å²) in [6.45, 7) is 2.23. The molecule has 0 radical (unpaired) electrons. The van der Waals surface area contributed by atoms with E-state index in [-0.39, 0.29) is 10.8 Å². The van der Waals surface area contributed by atoms with Gasteiger partial charge in [0.25, 0.3) is 5.91 Å². The van der Waals surface area contributed by atoms with Crippen molar-refractivity contribution in [1.29, 1.82) is 0 Å². The minimum absolute atomic E-state index is 0.103. The summed E-state index contributed by atoms with van der Waals surface area (Å²) < 4.78 is 26.7. The van der Waals surface area contributed by atoms with Crippen molar-refractivity contribution in [3.63, 3.8) is 0 Å². The van der Waals surface area contributed by atoms with Crippen LogP contribution in [0.5, 0.6) is 0 Å². The van der Waals surface area contributed by atoms with Crippen molar-refractivity contribution in [3.05, 3.63) is 66.5 Å². The van der Waals surface area contributed by atoms with E-state index in [1.54, 1.807) is 24.4 Å². The van der Waals surface area contributed by atoms with E-state index in [9.17, 15) is 13.2 Å². The van der Waals surface area contributed by atoms with Gasteiger partial charge in [0.05, 0.1) is 16.3 Å². The summed E-state index contributed by atoms with van der Waals surface area (Å²) in [5, 5.41) is 2.61. The molecule has 2 aromatic heterocycles. The van der Waals surface area contributed by atoms with E-state index in [1.165, 1.54) is 30.5 Å². The van der Waals surface area contributed by atoms with E-state index >= 15 is 0 Å². The molecule has 9 heteroatoms. The highest BCUT2D eigenvalue weighted by molar-refractivity contribution is 7.89. The van der Waals surface area contributed by atoms with Crippen molar-refractivity contribution >= 4 is 21.9 Å². The highest BCUT2D eigenvalue weighted by Crippen LogP contribution is 2.15. The molecule has 0 aliphatic rings. The molecule has 144 valence electrons. The number of aromatic nitrogens is 3. The molecule has 0 saturated heterocycles. The third-order valence-corrected chi connectivity index (χ3v) is 5.25. The van der Waals surface area contributed by atoms with Crippen molar-refractivity contribution in [2.45, 2.75) is 18.2 Å². The Labute approximate surface area is 163 Å². The second-order valence-electron chi connectivity index (χ2n) is 5.86. The Kier molecular flexibility index (Phi) is 6.07. The summed E-state index contributed by atoms with van der Waals surface area (Å²) >= 11 is 0. The number of hydrogen-bond acceptors (Lipinski definition) is 6. The normalized spacial score (nSPS) is 11.2. The van der Waals surface area contributed by atoms with Gasteiger partial charge in [-0.2, -0.15) is 0 Å². The van der Waals surface area contributed by atoms with E-state index in [0.29, 0.717) is 29.9 Å². The van der Waals surface area contributed by atoms with Crippen LogP contribution in [0, 0.1) is 0 Å². The Morgan fingerprint density at radius 2 is 1.75 bits per heavy atom. The average Bonchev–Trinajstić information content (AvgIpc) is 2.73. The van der Waals surface area contributed by atoms with E-state index in [1.807, 2.05) is 13.0 Å². The van der Waals surface area contributed by atoms with Gasteiger partial charge in [-0.25, -0.2) is 23.1 Å². The van der Waals surface area contributed by atoms with Crippen LogP contribution >= 0.6 is 0 Å². The van der Waals surface area contributed by atoms with Gasteiger partial charge in [0, 0.05) is 24.5 Å². The van der Waals surface area contributed by atoms with Crippen molar-refractivity contribution in [1.82, 2.24) is 19.7 Å². The molecular weight excluding hydrogens is 378 g/mol. The largest absolute Gasteiger partial charge is 0.290 e. The van der Waals surface area contributed by atoms with Crippen molar-refractivity contribution < 1.29 is 13.2 Å². The van der Waals surface area contributed by atoms with Crippen molar-refractivity contribution in [2.24, 2.45) is 0 Å². The molecule has 2 N–H and O–H groups in total. The zero-order chi connectivity index (χ0) is 20.0. The zero-order valence-electron chi connectivity index (χ0n) is 15.2. The standard InChI is InChI=1S/C19H19N5O3S/c1-2-11-22-28(26,27)15-8-6-14(7-9-15)18(25)24-19-21-13-10-17(23-19)16-5-3-4-12-20-16/h3-10,12-13,22H,2,11H2,1H3,(H,21,23,24,25). The zero-order valence-corrected chi connectivity index (χ0v) is 16.0. The van der Waals surface area contributed by atoms with Crippen LogP contribution in [0.3, 0.4) is 0 Å². The smallest absolute Gasteiger partial charge is 0.258 e. The highest BCUT2D eigenvalue weighted by atomic mass is 32.2. The predicted octanol–water partition coefficient (Wildman–Crippen LogP) is 2.48. The number of hydrogen-bond donors (Lipinski definition) is 2. The van der Waals surface area contributed by atoms with E-state index in [4.69, 9.17) is 0 Å². The van der Waals surface area contributed by atoms with Crippen LogP contribution in [0.4, 0.5) is 5.95 Å². The Hall–Kier alpha value is -3.17. The summed E-state index contributed by atoms with van der Waals surface area (Å²) in [4.78, 5) is 25.1. The van der Waals surface area contributed by atoms with Crippen LogP contribution in [-0.2, 0) is 10.0 Å². The molecule has 0 unspecified atom stereocenters. The number of nitrogens with zero attached hydrogens (tertiary/aromatic N) is 3. The lowest BCUT2D eigenvalue weighted by molar-refractivity contribution is 0.102. The number of amides is 1. The molecule has 28 heavy (non-hydrogen) atoms. The van der Waals surface area contributed by atoms with E-state index in [0.717, 1.165) is 0 Å². The molecule has 0 saturated carbocycles. The Bertz CT molecular complexity index is 1050. The van der Waals surface area contributed by atoms with Gasteiger partial charge in [0.1, 0.15) is 0 Å². The van der Waals surface area contributed by atoms with Crippen LogP contribution < -0.4 is 10.0 Å². The Morgan fingerprint density at radius 3 is 2.43 bits per heavy atom. The average molecular weight is 397 g/mol. The van der Waals surface area contributed by atoms with Crippen LogP contribution in [0.15, 0.2) is 65.8 Å². The maximum atomic E-state index is 12.4. The molecule has 0 bridgehead atoms. The van der Waals surface area contributed by atoms with Gasteiger partial charge in [-0.3, -0.25) is 15.1 Å². The summed E-state index contributed by atoms with van der Waals surface area (Å²) in [5.74, 6) is -0.307. The van der Waals surface area contributed by atoms with Gasteiger partial charge in [-0.1, -0.05) is 13.0 Å². The van der Waals surface area contributed by atoms with Gasteiger partial charge >= 0.3 is 0 Å². The lowest BCUT2D eigenvalue weighted by atomic mass is 10.2. The molecule has 1 aromatic carbocycles. The van der Waals surface area contributed by atoms with E-state index in [2.05, 4.69) is 25.0 Å². The number of anilines is 1. The third kappa shape index (κ3) is 4.76. The van der Waals surface area contributed by atoms with Crippen LogP contribution in [0.1, 0.15) is 23.7 Å². The summed E-state index contributed by atoms with van der Waals surface area (Å²) in [5.41, 5.74) is 1.53. The predicted molar refractivity (Wildman–Crippen MR) is 105 cm³/mol. The lowest BCUT2D eigenvalue weighted by Gasteiger charge is -2.08. The quantitative estimate of drug-likeness (QED) is 0.633. The summed E-state index contributed by atoms with van der Waals surface area (Å²) in [6, 6.07) is 12.8. The number of carbonyl (C=O) groups excluding carboxylic acids is 1. The molecule has 0 atom stereocenters. The SMILES string of the molecule is CCCNS(=O)(=O)c1ccc(C(=O)Nc2nccc(-c3ccccn3)n2)cc1. The Balaban J connectivity index is 1.73. The number of rotatable bonds is 7. The molecule has 0 spiro atoms. The molecule has 1 amide bonds. The summed E-state index contributed by atoms with van der Waals surface area (Å²) in [6.07, 6.45) is 3.87. The van der Waals surface area contributed by atoms with Gasteiger partial charge in [0.2, 0.25) is 16.0 Å². The van der Waals surface area contributed by atoms with Crippen LogP contribution in [-0.4, -0.2) is 35.8 Å². The first-order valence-electron chi connectivity index (χ1n) is 8.65. The topological polar surface area (TPSA) is 114 Å². The van der Waals surface area contributed by atoms with Gasteiger partial charge in [-0.15, -0.1) is 0 Å². The van der Waals surface area contributed by atoms with Crippen LogP contribution in [0.2, 0.25) is 0 Å². The fraction of sp³-hybridized carbons (Fsp3) is 0.158. The van der Waals surface area contributed by atoms with Gasteiger partial charge < -0.3 is 0 Å². The summed E-state index contributed by atoms with van der Waals surface area (Å²) in [7, 11) is -3.57. The van der Waals surface area contributed by atoms with Crippen molar-refractivity contribution in [3.8, 4) is 11.4 Å². The minimum atomic E-state index is -3.57. The van der Waals surface area contributed by atoms with E-state index < -0.39 is 15.9 Å². The molecule has 8 nitrogen and oxygen atoms in total. The van der Waals surface area contributed by atoms with Crippen molar-refractivity contribution in [2.75, 3.05) is 11.9 Å².